The lowest BCUT2D eigenvalue weighted by atomic mass is 10.1. The summed E-state index contributed by atoms with van der Waals surface area (Å²) in [4.78, 5) is 14.2. The fraction of sp³-hybridized carbons (Fsp3) is 0.389. The highest BCUT2D eigenvalue weighted by atomic mass is 35.5. The van der Waals surface area contributed by atoms with Gasteiger partial charge in [-0.05, 0) is 30.2 Å². The molecule has 5 nitrogen and oxygen atoms in total. The van der Waals surface area contributed by atoms with E-state index in [9.17, 15) is 4.79 Å². The maximum atomic E-state index is 11.9. The number of nitrogens with zero attached hydrogens (tertiary/aromatic N) is 2. The third-order valence-electron chi connectivity index (χ3n) is 4.47. The van der Waals surface area contributed by atoms with Crippen molar-refractivity contribution < 1.29 is 9.53 Å². The number of morpholine rings is 1. The average molecular weight is 348 g/mol. The van der Waals surface area contributed by atoms with Crippen LogP contribution in [0.25, 0.3) is 0 Å². The number of benzene rings is 1. The fourth-order valence-corrected chi connectivity index (χ4v) is 3.30. The third kappa shape index (κ3) is 3.80. The number of hydrogen-bond acceptors (Lipinski definition) is 3. The number of primary amides is 1. The summed E-state index contributed by atoms with van der Waals surface area (Å²) in [6.45, 7) is 6.62. The van der Waals surface area contributed by atoms with Crippen LogP contribution in [0, 0.1) is 6.92 Å². The summed E-state index contributed by atoms with van der Waals surface area (Å²) < 4.78 is 7.46. The predicted molar refractivity (Wildman–Crippen MR) is 94.3 cm³/mol. The topological polar surface area (TPSA) is 60.5 Å². The van der Waals surface area contributed by atoms with E-state index in [4.69, 9.17) is 22.1 Å². The molecule has 1 fully saturated rings. The van der Waals surface area contributed by atoms with Crippen LogP contribution in [0.1, 0.15) is 27.2 Å². The predicted octanol–water partition coefficient (Wildman–Crippen LogP) is 2.43. The van der Waals surface area contributed by atoms with Gasteiger partial charge < -0.3 is 15.0 Å². The van der Waals surface area contributed by atoms with Crippen molar-refractivity contribution >= 4 is 17.5 Å². The Kier molecular flexibility index (Phi) is 5.23. The van der Waals surface area contributed by atoms with Gasteiger partial charge in [0.05, 0.1) is 18.8 Å². The van der Waals surface area contributed by atoms with E-state index in [1.54, 1.807) is 0 Å². The normalized spacial score (nSPS) is 15.6. The number of nitrogens with two attached hydrogens (primary N) is 1. The van der Waals surface area contributed by atoms with Crippen molar-refractivity contribution in [3.05, 3.63) is 57.9 Å². The lowest BCUT2D eigenvalue weighted by Gasteiger charge is -2.27. The highest BCUT2D eigenvalue weighted by Gasteiger charge is 2.20. The molecule has 1 aromatic heterocycles. The quantitative estimate of drug-likeness (QED) is 0.903. The second kappa shape index (κ2) is 7.38. The molecule has 0 bridgehead atoms. The molecular formula is C18H22ClN3O2. The summed E-state index contributed by atoms with van der Waals surface area (Å²) in [6.07, 6.45) is 1.86. The third-order valence-corrected chi connectivity index (χ3v) is 4.71. The molecule has 6 heteroatoms. The van der Waals surface area contributed by atoms with Crippen LogP contribution in [-0.2, 0) is 17.8 Å². The van der Waals surface area contributed by atoms with Gasteiger partial charge in [-0.25, -0.2) is 0 Å². The van der Waals surface area contributed by atoms with Crippen molar-refractivity contribution in [2.24, 2.45) is 5.73 Å². The Labute approximate surface area is 146 Å². The van der Waals surface area contributed by atoms with Gasteiger partial charge in [0, 0.05) is 43.1 Å². The van der Waals surface area contributed by atoms with Crippen LogP contribution in [0.2, 0.25) is 5.02 Å². The number of rotatable bonds is 5. The molecule has 2 N–H and O–H groups in total. The fourth-order valence-electron chi connectivity index (χ4n) is 3.09. The van der Waals surface area contributed by atoms with Crippen LogP contribution in [0.15, 0.2) is 30.5 Å². The molecule has 3 rings (SSSR count). The lowest BCUT2D eigenvalue weighted by Crippen LogP contribution is -2.36. The highest BCUT2D eigenvalue weighted by molar-refractivity contribution is 6.30. The van der Waals surface area contributed by atoms with Gasteiger partial charge in [0.1, 0.15) is 0 Å². The van der Waals surface area contributed by atoms with Crippen LogP contribution in [0.5, 0.6) is 0 Å². The number of amides is 1. The van der Waals surface area contributed by atoms with E-state index in [0.29, 0.717) is 17.1 Å². The van der Waals surface area contributed by atoms with Gasteiger partial charge in [-0.3, -0.25) is 9.69 Å². The average Bonchev–Trinajstić information content (AvgIpc) is 2.86. The Bertz CT molecular complexity index is 736. The second-order valence-electron chi connectivity index (χ2n) is 6.12. The van der Waals surface area contributed by atoms with E-state index in [2.05, 4.69) is 9.47 Å². The van der Waals surface area contributed by atoms with Gasteiger partial charge in [-0.15, -0.1) is 0 Å². The van der Waals surface area contributed by atoms with Crippen molar-refractivity contribution in [2.75, 3.05) is 26.3 Å². The molecule has 2 aromatic rings. The van der Waals surface area contributed by atoms with E-state index in [-0.39, 0.29) is 5.91 Å². The smallest absolute Gasteiger partial charge is 0.250 e. The molecule has 128 valence electrons. The Balaban J connectivity index is 1.87. The minimum atomic E-state index is -0.383. The number of ether oxygens (including phenoxy) is 1. The molecule has 1 aliphatic heterocycles. The van der Waals surface area contributed by atoms with Crippen LogP contribution >= 0.6 is 11.6 Å². The molecule has 0 unspecified atom stereocenters. The van der Waals surface area contributed by atoms with E-state index in [1.165, 1.54) is 0 Å². The Morgan fingerprint density at radius 3 is 2.71 bits per heavy atom. The molecule has 1 aromatic carbocycles. The molecular weight excluding hydrogens is 326 g/mol. The van der Waals surface area contributed by atoms with Crippen molar-refractivity contribution in [1.29, 1.82) is 0 Å². The van der Waals surface area contributed by atoms with Gasteiger partial charge in [0.15, 0.2) is 0 Å². The summed E-state index contributed by atoms with van der Waals surface area (Å²) in [5.41, 5.74) is 9.36. The Morgan fingerprint density at radius 2 is 2.04 bits per heavy atom. The highest BCUT2D eigenvalue weighted by Crippen LogP contribution is 2.21. The van der Waals surface area contributed by atoms with Crippen LogP contribution in [0.3, 0.4) is 0 Å². The zero-order valence-electron chi connectivity index (χ0n) is 13.8. The van der Waals surface area contributed by atoms with Crippen molar-refractivity contribution in [2.45, 2.75) is 20.0 Å². The maximum Gasteiger partial charge on any atom is 0.250 e. The van der Waals surface area contributed by atoms with E-state index in [0.717, 1.165) is 49.7 Å². The number of carbonyl (C=O) groups is 1. The number of halogens is 1. The summed E-state index contributed by atoms with van der Waals surface area (Å²) >= 11 is 6.06. The number of hydrogen-bond donors (Lipinski definition) is 1. The lowest BCUT2D eigenvalue weighted by molar-refractivity contribution is 0.0340. The zero-order valence-corrected chi connectivity index (χ0v) is 14.6. The van der Waals surface area contributed by atoms with Gasteiger partial charge in [0.25, 0.3) is 5.91 Å². The number of carbonyl (C=O) groups excluding carboxylic acids is 1. The van der Waals surface area contributed by atoms with E-state index in [1.807, 2.05) is 37.4 Å². The molecule has 2 heterocycles. The molecule has 24 heavy (non-hydrogen) atoms. The molecule has 1 aliphatic rings. The number of aromatic nitrogens is 1. The molecule has 0 radical (unpaired) electrons. The summed E-state index contributed by atoms with van der Waals surface area (Å²) in [5.74, 6) is -0.383. The van der Waals surface area contributed by atoms with Gasteiger partial charge in [-0.2, -0.15) is 0 Å². The van der Waals surface area contributed by atoms with Gasteiger partial charge in [0.2, 0.25) is 0 Å². The minimum absolute atomic E-state index is 0.383. The monoisotopic (exact) mass is 347 g/mol. The summed E-state index contributed by atoms with van der Waals surface area (Å²) in [6, 6.07) is 7.75. The van der Waals surface area contributed by atoms with Crippen LogP contribution in [0.4, 0.5) is 0 Å². The first kappa shape index (κ1) is 17.0. The molecule has 0 atom stereocenters. The zero-order chi connectivity index (χ0) is 17.1. The van der Waals surface area contributed by atoms with E-state index >= 15 is 0 Å². The molecule has 1 saturated heterocycles. The van der Waals surface area contributed by atoms with Crippen LogP contribution < -0.4 is 5.73 Å². The Morgan fingerprint density at radius 1 is 1.29 bits per heavy atom. The van der Waals surface area contributed by atoms with Gasteiger partial charge >= 0.3 is 0 Å². The molecule has 0 spiro atoms. The first-order valence-corrected chi connectivity index (χ1v) is 8.45. The molecule has 0 aliphatic carbocycles. The van der Waals surface area contributed by atoms with Crippen LogP contribution in [-0.4, -0.2) is 41.7 Å². The molecule has 0 saturated carbocycles. The molecule has 1 amide bonds. The SMILES string of the molecule is Cc1c(CN2CCOCC2)c(C(N)=O)cn1Cc1cccc(Cl)c1. The van der Waals surface area contributed by atoms with Crippen molar-refractivity contribution in [3.63, 3.8) is 0 Å². The second-order valence-corrected chi connectivity index (χ2v) is 6.55. The largest absolute Gasteiger partial charge is 0.379 e. The van der Waals surface area contributed by atoms with Crippen molar-refractivity contribution in [3.8, 4) is 0 Å². The first-order chi connectivity index (χ1) is 11.5. The van der Waals surface area contributed by atoms with E-state index < -0.39 is 0 Å². The maximum absolute atomic E-state index is 11.9. The summed E-state index contributed by atoms with van der Waals surface area (Å²) in [5, 5.41) is 0.709. The Hall–Kier alpha value is -1.82. The standard InChI is InChI=1S/C18H22ClN3O2/c1-13-16(11-21-5-7-24-8-6-21)17(18(20)23)12-22(13)10-14-3-2-4-15(19)9-14/h2-4,9,12H,5-8,10-11H2,1H3,(H2,20,23). The van der Waals surface area contributed by atoms with Gasteiger partial charge in [-0.1, -0.05) is 23.7 Å². The summed E-state index contributed by atoms with van der Waals surface area (Å²) in [7, 11) is 0. The first-order valence-electron chi connectivity index (χ1n) is 8.07. The van der Waals surface area contributed by atoms with Crippen molar-refractivity contribution in [1.82, 2.24) is 9.47 Å². The minimum Gasteiger partial charge on any atom is -0.379 e.